The van der Waals surface area contributed by atoms with Gasteiger partial charge in [0.05, 0.1) is 6.61 Å². The van der Waals surface area contributed by atoms with E-state index in [4.69, 9.17) is 5.11 Å². The minimum absolute atomic E-state index is 0.0989. The highest BCUT2D eigenvalue weighted by Gasteiger charge is 2.05. The Hall–Kier alpha value is -0.570. The molecular weight excluding hydrogens is 425 g/mol. The number of carbonyl (C=O) groups is 1. The van der Waals surface area contributed by atoms with Gasteiger partial charge in [-0.05, 0) is 64.7 Å². The van der Waals surface area contributed by atoms with E-state index < -0.39 is 0 Å². The van der Waals surface area contributed by atoms with E-state index in [9.17, 15) is 4.79 Å². The van der Waals surface area contributed by atoms with Crippen LogP contribution in [0.15, 0.2) is 30.8 Å². The summed E-state index contributed by atoms with van der Waals surface area (Å²) in [6.45, 7) is 8.18. The summed E-state index contributed by atoms with van der Waals surface area (Å²) in [5, 5.41) is 12.0. The molecule has 0 saturated carbocycles. The number of halogens is 1. The number of ether oxygens (including phenoxy) is 1. The van der Waals surface area contributed by atoms with Crippen molar-refractivity contribution in [3.8, 4) is 0 Å². The third-order valence-corrected chi connectivity index (χ3v) is 4.66. The lowest BCUT2D eigenvalue weighted by Crippen LogP contribution is -2.16. The monoisotopic (exact) mass is 451 g/mol. The molecule has 23 heavy (non-hydrogen) atoms. The van der Waals surface area contributed by atoms with Crippen molar-refractivity contribution in [2.75, 3.05) is 18.9 Å². The number of carbonyl (C=O) groups excluding carboxylic acids is 1. The van der Waals surface area contributed by atoms with Gasteiger partial charge in [-0.1, -0.05) is 39.8 Å². The van der Waals surface area contributed by atoms with E-state index in [0.29, 0.717) is 13.1 Å². The summed E-state index contributed by atoms with van der Waals surface area (Å²) in [6, 6.07) is 8.44. The normalized spacial score (nSPS) is 15.5. The Morgan fingerprint density at radius 3 is 2.78 bits per heavy atom. The van der Waals surface area contributed by atoms with Gasteiger partial charge >= 0.3 is 0 Å². The summed E-state index contributed by atoms with van der Waals surface area (Å²) in [7, 11) is 1.63. The zero-order valence-corrected chi connectivity index (χ0v) is 16.5. The first-order valence-corrected chi connectivity index (χ1v) is 11.0. The van der Waals surface area contributed by atoms with Crippen molar-refractivity contribution >= 4 is 42.7 Å². The maximum atomic E-state index is 9.45. The van der Waals surface area contributed by atoms with E-state index in [0.717, 1.165) is 22.9 Å². The maximum Gasteiger partial charge on any atom is 0.293 e. The van der Waals surface area contributed by atoms with Crippen molar-refractivity contribution in [1.29, 1.82) is 0 Å². The number of nitrogens with one attached hydrogen (secondary N) is 1. The fraction of sp³-hybridized carbons (Fsp3) is 0.471. The van der Waals surface area contributed by atoms with E-state index in [-0.39, 0.29) is 6.61 Å². The van der Waals surface area contributed by atoms with Crippen LogP contribution >= 0.6 is 30.1 Å². The third kappa shape index (κ3) is 13.6. The Morgan fingerprint density at radius 1 is 1.57 bits per heavy atom. The van der Waals surface area contributed by atoms with E-state index in [1.165, 1.54) is 19.4 Å². The lowest BCUT2D eigenvalue weighted by molar-refractivity contribution is -0.128. The standard InChI is InChI=1S/C9H10O.C5H11N.C3H5IO2S/c1-2-8-4-3-5-9(6-8)7-10;1-5-3-2-4-6-5;4-7-2-1-6-3-5/h2-6,10H,1,7H2;5-6H,2-4H2,1H3;3H,1-2H2. The molecule has 2 rings (SSSR count). The molecule has 0 radical (unpaired) electrons. The van der Waals surface area contributed by atoms with Crippen LogP contribution in [0.2, 0.25) is 0 Å². The van der Waals surface area contributed by atoms with Crippen molar-refractivity contribution in [1.82, 2.24) is 5.32 Å². The molecule has 1 fully saturated rings. The fourth-order valence-electron chi connectivity index (χ4n) is 1.80. The summed E-state index contributed by atoms with van der Waals surface area (Å²) in [5.74, 6) is 0.874. The third-order valence-electron chi connectivity index (χ3n) is 3.02. The second-order valence-corrected chi connectivity index (χ2v) is 7.38. The summed E-state index contributed by atoms with van der Waals surface area (Å²) < 4.78 is 4.37. The van der Waals surface area contributed by atoms with Gasteiger partial charge in [-0.3, -0.25) is 4.79 Å². The lowest BCUT2D eigenvalue weighted by atomic mass is 10.1. The smallest absolute Gasteiger partial charge is 0.293 e. The molecule has 0 bridgehead atoms. The van der Waals surface area contributed by atoms with Crippen LogP contribution in [0.3, 0.4) is 0 Å². The quantitative estimate of drug-likeness (QED) is 0.391. The van der Waals surface area contributed by atoms with Crippen LogP contribution in [0, 0.1) is 0 Å². The van der Waals surface area contributed by atoms with Gasteiger partial charge in [-0.25, -0.2) is 0 Å². The van der Waals surface area contributed by atoms with Crippen molar-refractivity contribution in [2.45, 2.75) is 32.4 Å². The molecule has 0 amide bonds. The molecular formula is C17H26INO3S. The number of aliphatic hydroxyl groups excluding tert-OH is 1. The maximum absolute atomic E-state index is 9.45. The first kappa shape index (κ1) is 22.4. The van der Waals surface area contributed by atoms with Crippen LogP contribution in [-0.4, -0.2) is 36.5 Å². The molecule has 0 aliphatic carbocycles. The molecule has 1 aliphatic heterocycles. The van der Waals surface area contributed by atoms with E-state index in [1.807, 2.05) is 24.3 Å². The molecule has 2 N–H and O–H groups in total. The molecule has 0 aromatic heterocycles. The first-order chi connectivity index (χ1) is 11.2. The molecule has 4 nitrogen and oxygen atoms in total. The van der Waals surface area contributed by atoms with Gasteiger partial charge in [0.2, 0.25) is 0 Å². The van der Waals surface area contributed by atoms with Gasteiger partial charge in [0, 0.05) is 11.8 Å². The largest absolute Gasteiger partial charge is 0.467 e. The van der Waals surface area contributed by atoms with Crippen LogP contribution < -0.4 is 5.32 Å². The molecule has 0 spiro atoms. The molecule has 6 heteroatoms. The molecule has 1 heterocycles. The molecule has 1 unspecified atom stereocenters. The number of rotatable bonds is 6. The van der Waals surface area contributed by atoms with Crippen LogP contribution in [0.4, 0.5) is 0 Å². The average molecular weight is 451 g/mol. The first-order valence-electron chi connectivity index (χ1n) is 7.52. The van der Waals surface area contributed by atoms with Gasteiger partial charge < -0.3 is 15.2 Å². The highest BCUT2D eigenvalue weighted by Crippen LogP contribution is 2.08. The average Bonchev–Trinajstić information content (AvgIpc) is 3.07. The second kappa shape index (κ2) is 16.3. The number of benzene rings is 1. The number of hydrogen-bond donors (Lipinski definition) is 2. The van der Waals surface area contributed by atoms with Crippen molar-refractivity contribution in [2.24, 2.45) is 0 Å². The molecule has 1 aromatic rings. The predicted octanol–water partition coefficient (Wildman–Crippen LogP) is 3.82. The Bertz CT molecular complexity index is 426. The van der Waals surface area contributed by atoms with Gasteiger partial charge in [0.15, 0.2) is 0 Å². The molecule has 1 aliphatic rings. The summed E-state index contributed by atoms with van der Waals surface area (Å²) in [5.41, 5.74) is 1.98. The zero-order chi connectivity index (χ0) is 17.3. The Labute approximate surface area is 155 Å². The number of hydrogen-bond acceptors (Lipinski definition) is 5. The number of aliphatic hydroxyl groups is 1. The SMILES string of the molecule is C=Cc1cccc(CO)c1.CC1CCCN1.O=COCCSI. The fourth-order valence-corrected chi connectivity index (χ4v) is 2.50. The Morgan fingerprint density at radius 2 is 2.35 bits per heavy atom. The Balaban J connectivity index is 0.000000329. The van der Waals surface area contributed by atoms with Crippen LogP contribution in [0.1, 0.15) is 30.9 Å². The summed E-state index contributed by atoms with van der Waals surface area (Å²) >= 11 is 2.15. The van der Waals surface area contributed by atoms with E-state index in [1.54, 1.807) is 15.0 Å². The van der Waals surface area contributed by atoms with Crippen LogP contribution in [-0.2, 0) is 16.1 Å². The second-order valence-electron chi connectivity index (χ2n) is 4.88. The van der Waals surface area contributed by atoms with Gasteiger partial charge in [-0.15, -0.1) is 0 Å². The predicted molar refractivity (Wildman–Crippen MR) is 108 cm³/mol. The van der Waals surface area contributed by atoms with Gasteiger partial charge in [-0.2, -0.15) is 0 Å². The zero-order valence-electron chi connectivity index (χ0n) is 13.5. The minimum atomic E-state index is 0.0989. The Kier molecular flexibility index (Phi) is 15.9. The summed E-state index contributed by atoms with van der Waals surface area (Å²) in [4.78, 5) is 9.45. The van der Waals surface area contributed by atoms with Crippen LogP contribution in [0.25, 0.3) is 6.08 Å². The van der Waals surface area contributed by atoms with E-state index >= 15 is 0 Å². The minimum Gasteiger partial charge on any atom is -0.467 e. The summed E-state index contributed by atoms with van der Waals surface area (Å²) in [6.07, 6.45) is 4.51. The topological polar surface area (TPSA) is 58.6 Å². The van der Waals surface area contributed by atoms with Crippen molar-refractivity contribution < 1.29 is 14.6 Å². The van der Waals surface area contributed by atoms with E-state index in [2.05, 4.69) is 44.8 Å². The highest BCUT2D eigenvalue weighted by atomic mass is 127. The highest BCUT2D eigenvalue weighted by molar-refractivity contribution is 14.2. The van der Waals surface area contributed by atoms with Gasteiger partial charge in [0.25, 0.3) is 6.47 Å². The molecule has 1 saturated heterocycles. The molecule has 1 atom stereocenters. The van der Waals surface area contributed by atoms with Crippen molar-refractivity contribution in [3.05, 3.63) is 42.0 Å². The van der Waals surface area contributed by atoms with Crippen LogP contribution in [0.5, 0.6) is 0 Å². The van der Waals surface area contributed by atoms with Crippen molar-refractivity contribution in [3.63, 3.8) is 0 Å². The molecule has 130 valence electrons. The molecule has 1 aromatic carbocycles. The lowest BCUT2D eigenvalue weighted by Gasteiger charge is -1.95. The van der Waals surface area contributed by atoms with Gasteiger partial charge in [0.1, 0.15) is 6.61 Å².